The fourth-order valence-corrected chi connectivity index (χ4v) is 1.97. The average Bonchev–Trinajstić information content (AvgIpc) is 2.48. The fraction of sp³-hybridized carbons (Fsp3) is 0.500. The predicted octanol–water partition coefficient (Wildman–Crippen LogP) is 0.851. The molecule has 1 amide bonds. The van der Waals surface area contributed by atoms with Crippen molar-refractivity contribution in [2.75, 3.05) is 38.7 Å². The van der Waals surface area contributed by atoms with Crippen molar-refractivity contribution in [3.05, 3.63) is 18.2 Å². The molecular formula is C16H24N3O3+. The van der Waals surface area contributed by atoms with Crippen LogP contribution in [0.25, 0.3) is 0 Å². The molecule has 1 aromatic rings. The number of amides is 1. The van der Waals surface area contributed by atoms with Gasteiger partial charge in [-0.2, -0.15) is 5.26 Å². The van der Waals surface area contributed by atoms with Crippen molar-refractivity contribution >= 4 is 11.6 Å². The Bertz CT molecular complexity index is 526. The second kappa shape index (κ2) is 9.64. The first-order chi connectivity index (χ1) is 10.6. The Morgan fingerprint density at radius 3 is 2.59 bits per heavy atom. The highest BCUT2D eigenvalue weighted by Crippen LogP contribution is 2.30. The largest absolute Gasteiger partial charge is 0.490 e. The number of ether oxygens (including phenoxy) is 2. The molecular weight excluding hydrogens is 282 g/mol. The Kier molecular flexibility index (Phi) is 7.79. The van der Waals surface area contributed by atoms with Crippen LogP contribution in [-0.2, 0) is 4.79 Å². The number of carbonyl (C=O) groups excluding carboxylic acids is 1. The molecule has 0 aliphatic rings. The van der Waals surface area contributed by atoms with Gasteiger partial charge >= 0.3 is 0 Å². The summed E-state index contributed by atoms with van der Waals surface area (Å²) in [7, 11) is 1.89. The van der Waals surface area contributed by atoms with Crippen LogP contribution in [0, 0.1) is 11.3 Å². The SMILES string of the molecule is CCOc1ccc(NC(=O)C[NH+](C)CCC#N)cc1OCC. The number of nitrogens with one attached hydrogen (secondary N) is 2. The van der Waals surface area contributed by atoms with Crippen LogP contribution in [0.2, 0.25) is 0 Å². The van der Waals surface area contributed by atoms with Crippen molar-refractivity contribution in [2.24, 2.45) is 0 Å². The maximum Gasteiger partial charge on any atom is 0.279 e. The minimum atomic E-state index is -0.0953. The molecule has 0 radical (unpaired) electrons. The lowest BCUT2D eigenvalue weighted by Gasteiger charge is -2.14. The van der Waals surface area contributed by atoms with Gasteiger partial charge in [0.1, 0.15) is 0 Å². The number of likely N-dealkylation sites (N-methyl/N-ethyl adjacent to an activating group) is 1. The number of nitriles is 1. The molecule has 0 aliphatic heterocycles. The second-order valence-electron chi connectivity index (χ2n) is 4.87. The molecule has 0 spiro atoms. The van der Waals surface area contributed by atoms with Gasteiger partial charge in [-0.05, 0) is 26.0 Å². The number of hydrogen-bond acceptors (Lipinski definition) is 4. The summed E-state index contributed by atoms with van der Waals surface area (Å²) in [6, 6.07) is 7.41. The molecule has 6 nitrogen and oxygen atoms in total. The highest BCUT2D eigenvalue weighted by Gasteiger charge is 2.12. The van der Waals surface area contributed by atoms with Crippen molar-refractivity contribution in [1.82, 2.24) is 0 Å². The molecule has 2 N–H and O–H groups in total. The first-order valence-corrected chi connectivity index (χ1v) is 7.48. The molecule has 0 saturated heterocycles. The van der Waals surface area contributed by atoms with Crippen molar-refractivity contribution in [2.45, 2.75) is 20.3 Å². The van der Waals surface area contributed by atoms with Gasteiger partial charge in [-0.1, -0.05) is 0 Å². The molecule has 22 heavy (non-hydrogen) atoms. The van der Waals surface area contributed by atoms with E-state index in [1.807, 2.05) is 20.9 Å². The molecule has 0 aromatic heterocycles. The molecule has 1 unspecified atom stereocenters. The van der Waals surface area contributed by atoms with E-state index in [2.05, 4.69) is 11.4 Å². The van der Waals surface area contributed by atoms with Crippen molar-refractivity contribution in [1.29, 1.82) is 5.26 Å². The normalized spacial score (nSPS) is 11.4. The molecule has 0 heterocycles. The summed E-state index contributed by atoms with van der Waals surface area (Å²) in [5, 5.41) is 11.4. The number of benzene rings is 1. The first kappa shape index (κ1) is 17.8. The monoisotopic (exact) mass is 306 g/mol. The summed E-state index contributed by atoms with van der Waals surface area (Å²) in [6.45, 7) is 5.85. The van der Waals surface area contributed by atoms with Crippen molar-refractivity contribution < 1.29 is 19.2 Å². The summed E-state index contributed by atoms with van der Waals surface area (Å²) in [5.41, 5.74) is 0.671. The molecule has 1 atom stereocenters. The van der Waals surface area contributed by atoms with Crippen LogP contribution in [0.15, 0.2) is 18.2 Å². The molecule has 6 heteroatoms. The van der Waals surface area contributed by atoms with Crippen LogP contribution in [0.1, 0.15) is 20.3 Å². The van der Waals surface area contributed by atoms with Crippen LogP contribution in [0.5, 0.6) is 11.5 Å². The van der Waals surface area contributed by atoms with Crippen LogP contribution < -0.4 is 19.7 Å². The van der Waals surface area contributed by atoms with Crippen LogP contribution in [0.4, 0.5) is 5.69 Å². The zero-order valence-corrected chi connectivity index (χ0v) is 13.4. The minimum Gasteiger partial charge on any atom is -0.490 e. The molecule has 0 fully saturated rings. The van der Waals surface area contributed by atoms with E-state index in [9.17, 15) is 4.79 Å². The Hall–Kier alpha value is -2.26. The number of quaternary nitrogens is 1. The van der Waals surface area contributed by atoms with Crippen LogP contribution in [-0.4, -0.2) is 39.3 Å². The molecule has 120 valence electrons. The minimum absolute atomic E-state index is 0.0953. The van der Waals surface area contributed by atoms with E-state index in [0.717, 1.165) is 4.90 Å². The number of carbonyl (C=O) groups is 1. The van der Waals surface area contributed by atoms with Gasteiger partial charge in [-0.15, -0.1) is 0 Å². The third kappa shape index (κ3) is 6.02. The maximum absolute atomic E-state index is 12.0. The van der Waals surface area contributed by atoms with Gasteiger partial charge < -0.3 is 19.7 Å². The third-order valence-corrected chi connectivity index (χ3v) is 2.95. The predicted molar refractivity (Wildman–Crippen MR) is 84.3 cm³/mol. The van der Waals surface area contributed by atoms with Crippen molar-refractivity contribution in [3.8, 4) is 17.6 Å². The Labute approximate surface area is 131 Å². The zero-order chi connectivity index (χ0) is 16.4. The highest BCUT2D eigenvalue weighted by atomic mass is 16.5. The van der Waals surface area contributed by atoms with Gasteiger partial charge in [0.15, 0.2) is 18.0 Å². The van der Waals surface area contributed by atoms with E-state index in [1.54, 1.807) is 18.2 Å². The number of anilines is 1. The topological polar surface area (TPSA) is 75.8 Å². The van der Waals surface area contributed by atoms with Gasteiger partial charge in [0.2, 0.25) is 0 Å². The smallest absolute Gasteiger partial charge is 0.279 e. The number of nitrogens with zero attached hydrogens (tertiary/aromatic N) is 1. The van der Waals surface area contributed by atoms with Gasteiger partial charge in [-0.25, -0.2) is 0 Å². The van der Waals surface area contributed by atoms with Crippen LogP contribution >= 0.6 is 0 Å². The van der Waals surface area contributed by atoms with E-state index < -0.39 is 0 Å². The first-order valence-electron chi connectivity index (χ1n) is 7.48. The Morgan fingerprint density at radius 1 is 1.27 bits per heavy atom. The second-order valence-corrected chi connectivity index (χ2v) is 4.87. The average molecular weight is 306 g/mol. The standard InChI is InChI=1S/C16H23N3O3/c1-4-21-14-8-7-13(11-15(14)22-5-2)18-16(20)12-19(3)10-6-9-17/h7-8,11H,4-6,10,12H2,1-3H3,(H,18,20)/p+1. The lowest BCUT2D eigenvalue weighted by Crippen LogP contribution is -3.10. The summed E-state index contributed by atoms with van der Waals surface area (Å²) < 4.78 is 11.0. The molecule has 1 rings (SSSR count). The highest BCUT2D eigenvalue weighted by molar-refractivity contribution is 5.91. The molecule has 0 aliphatic carbocycles. The Balaban J connectivity index is 2.66. The molecule has 0 bridgehead atoms. The number of rotatable bonds is 9. The lowest BCUT2D eigenvalue weighted by molar-refractivity contribution is -0.870. The van der Waals surface area contributed by atoms with Gasteiger partial charge in [0.05, 0.1) is 39.3 Å². The lowest BCUT2D eigenvalue weighted by atomic mass is 10.2. The van der Waals surface area contributed by atoms with E-state index in [4.69, 9.17) is 14.7 Å². The fourth-order valence-electron chi connectivity index (χ4n) is 1.97. The maximum atomic E-state index is 12.0. The van der Waals surface area contributed by atoms with Gasteiger partial charge in [-0.3, -0.25) is 4.79 Å². The Morgan fingerprint density at radius 2 is 1.95 bits per heavy atom. The van der Waals surface area contributed by atoms with E-state index in [-0.39, 0.29) is 5.91 Å². The molecule has 0 saturated carbocycles. The summed E-state index contributed by atoms with van der Waals surface area (Å²) in [5.74, 6) is 1.19. The summed E-state index contributed by atoms with van der Waals surface area (Å²) in [4.78, 5) is 13.0. The molecule has 1 aromatic carbocycles. The summed E-state index contributed by atoms with van der Waals surface area (Å²) in [6.07, 6.45) is 0.441. The van der Waals surface area contributed by atoms with Gasteiger partial charge in [0, 0.05) is 11.8 Å². The zero-order valence-electron chi connectivity index (χ0n) is 13.4. The quantitative estimate of drug-likeness (QED) is 0.709. The number of hydrogen-bond donors (Lipinski definition) is 2. The van der Waals surface area contributed by atoms with E-state index in [1.165, 1.54) is 0 Å². The van der Waals surface area contributed by atoms with Crippen LogP contribution in [0.3, 0.4) is 0 Å². The van der Waals surface area contributed by atoms with E-state index >= 15 is 0 Å². The third-order valence-electron chi connectivity index (χ3n) is 2.95. The summed E-state index contributed by atoms with van der Waals surface area (Å²) >= 11 is 0. The van der Waals surface area contributed by atoms with Gasteiger partial charge in [0.25, 0.3) is 5.91 Å². The van der Waals surface area contributed by atoms with Crippen molar-refractivity contribution in [3.63, 3.8) is 0 Å². The van der Waals surface area contributed by atoms with E-state index in [0.29, 0.717) is 49.9 Å².